The first-order valence-corrected chi connectivity index (χ1v) is 5.71. The fourth-order valence-electron chi connectivity index (χ4n) is 1.36. The lowest BCUT2D eigenvalue weighted by Gasteiger charge is -2.22. The van der Waals surface area contributed by atoms with Gasteiger partial charge in [-0.15, -0.1) is 0 Å². The maximum Gasteiger partial charge on any atom is 0.230 e. The smallest absolute Gasteiger partial charge is 0.230 e. The van der Waals surface area contributed by atoms with Gasteiger partial charge in [-0.2, -0.15) is 0 Å². The molecule has 0 spiro atoms. The van der Waals surface area contributed by atoms with Crippen LogP contribution in [0, 0.1) is 11.2 Å². The van der Waals surface area contributed by atoms with Crippen molar-refractivity contribution in [2.24, 2.45) is 11.1 Å². The molecule has 0 heterocycles. The Morgan fingerprint density at radius 3 is 2.76 bits per heavy atom. The number of halogens is 2. The van der Waals surface area contributed by atoms with E-state index in [1.807, 2.05) is 0 Å². The second-order valence-electron chi connectivity index (χ2n) is 4.50. The summed E-state index contributed by atoms with van der Waals surface area (Å²) in [5.41, 5.74) is 4.88. The van der Waals surface area contributed by atoms with E-state index in [-0.39, 0.29) is 11.6 Å². The molecular formula is C12H16ClFN2O. The molecule has 0 saturated carbocycles. The second kappa shape index (κ2) is 5.47. The molecule has 0 saturated heterocycles. The number of carbonyl (C=O) groups is 1. The number of hydrogen-bond acceptors (Lipinski definition) is 2. The van der Waals surface area contributed by atoms with E-state index in [1.165, 1.54) is 18.2 Å². The number of rotatable bonds is 4. The largest absolute Gasteiger partial charge is 0.330 e. The van der Waals surface area contributed by atoms with Gasteiger partial charge in [0.25, 0.3) is 0 Å². The Kier molecular flexibility index (Phi) is 4.48. The Morgan fingerprint density at radius 2 is 2.18 bits per heavy atom. The molecule has 3 N–H and O–H groups in total. The van der Waals surface area contributed by atoms with Crippen LogP contribution >= 0.6 is 11.6 Å². The molecule has 0 aliphatic heterocycles. The van der Waals surface area contributed by atoms with Gasteiger partial charge in [0.2, 0.25) is 5.91 Å². The molecule has 0 aromatic heterocycles. The first-order valence-electron chi connectivity index (χ1n) is 5.33. The lowest BCUT2D eigenvalue weighted by molar-refractivity contribution is -0.124. The average Bonchev–Trinajstić information content (AvgIpc) is 2.23. The molecule has 0 atom stereocenters. The van der Waals surface area contributed by atoms with Crippen molar-refractivity contribution in [1.29, 1.82) is 0 Å². The zero-order valence-electron chi connectivity index (χ0n) is 9.89. The highest BCUT2D eigenvalue weighted by atomic mass is 35.5. The van der Waals surface area contributed by atoms with Gasteiger partial charge in [0.15, 0.2) is 0 Å². The van der Waals surface area contributed by atoms with Crippen LogP contribution in [0.2, 0.25) is 5.02 Å². The van der Waals surface area contributed by atoms with Crippen LogP contribution in [0.3, 0.4) is 0 Å². The van der Waals surface area contributed by atoms with Crippen molar-refractivity contribution in [2.45, 2.75) is 20.3 Å². The van der Waals surface area contributed by atoms with Gasteiger partial charge in [-0.05, 0) is 31.2 Å². The predicted octanol–water partition coefficient (Wildman–Crippen LogP) is 2.79. The van der Waals surface area contributed by atoms with E-state index < -0.39 is 11.2 Å². The fourth-order valence-corrected chi connectivity index (χ4v) is 1.53. The molecule has 1 rings (SSSR count). The van der Waals surface area contributed by atoms with Crippen LogP contribution in [0.1, 0.15) is 20.3 Å². The van der Waals surface area contributed by atoms with E-state index in [9.17, 15) is 9.18 Å². The number of carbonyl (C=O) groups excluding carboxylic acids is 1. The molecule has 0 fully saturated rings. The van der Waals surface area contributed by atoms with E-state index in [0.29, 0.717) is 18.0 Å². The quantitative estimate of drug-likeness (QED) is 0.873. The minimum atomic E-state index is -0.635. The number of anilines is 1. The van der Waals surface area contributed by atoms with Gasteiger partial charge in [-0.25, -0.2) is 4.39 Å². The summed E-state index contributed by atoms with van der Waals surface area (Å²) < 4.78 is 13.4. The molecule has 1 aromatic rings. The van der Waals surface area contributed by atoms with Crippen molar-refractivity contribution in [3.63, 3.8) is 0 Å². The molecule has 94 valence electrons. The summed E-state index contributed by atoms with van der Waals surface area (Å²) in [7, 11) is 0. The normalized spacial score (nSPS) is 11.4. The van der Waals surface area contributed by atoms with E-state index in [2.05, 4.69) is 5.32 Å². The van der Waals surface area contributed by atoms with Crippen molar-refractivity contribution < 1.29 is 9.18 Å². The Morgan fingerprint density at radius 1 is 1.53 bits per heavy atom. The third kappa shape index (κ3) is 3.68. The van der Waals surface area contributed by atoms with Crippen LogP contribution in [0.25, 0.3) is 0 Å². The van der Waals surface area contributed by atoms with Crippen LogP contribution < -0.4 is 11.1 Å². The van der Waals surface area contributed by atoms with Crippen LogP contribution in [0.5, 0.6) is 0 Å². The molecule has 1 aromatic carbocycles. The van der Waals surface area contributed by atoms with Gasteiger partial charge in [-0.1, -0.05) is 25.4 Å². The number of nitrogens with two attached hydrogens (primary N) is 1. The monoisotopic (exact) mass is 258 g/mol. The van der Waals surface area contributed by atoms with Gasteiger partial charge in [0.05, 0.1) is 5.69 Å². The Balaban J connectivity index is 2.84. The van der Waals surface area contributed by atoms with Crippen molar-refractivity contribution in [2.75, 3.05) is 11.9 Å². The van der Waals surface area contributed by atoms with Crippen molar-refractivity contribution >= 4 is 23.2 Å². The first kappa shape index (κ1) is 13.9. The summed E-state index contributed by atoms with van der Waals surface area (Å²) in [5.74, 6) is -0.782. The second-order valence-corrected chi connectivity index (χ2v) is 4.94. The van der Waals surface area contributed by atoms with Crippen LogP contribution in [-0.2, 0) is 4.79 Å². The van der Waals surface area contributed by atoms with Crippen molar-refractivity contribution in [1.82, 2.24) is 0 Å². The van der Waals surface area contributed by atoms with Crippen LogP contribution in [0.4, 0.5) is 10.1 Å². The third-order valence-corrected chi connectivity index (χ3v) is 2.80. The fraction of sp³-hybridized carbons (Fsp3) is 0.417. The Bertz CT molecular complexity index is 421. The highest BCUT2D eigenvalue weighted by Gasteiger charge is 2.27. The Labute approximate surface area is 105 Å². The molecule has 17 heavy (non-hydrogen) atoms. The van der Waals surface area contributed by atoms with Gasteiger partial charge < -0.3 is 11.1 Å². The number of benzene rings is 1. The molecule has 0 radical (unpaired) electrons. The Hall–Kier alpha value is -1.13. The number of nitrogens with one attached hydrogen (secondary N) is 1. The van der Waals surface area contributed by atoms with Crippen LogP contribution in [0.15, 0.2) is 18.2 Å². The summed E-state index contributed by atoms with van der Waals surface area (Å²) in [4.78, 5) is 11.9. The summed E-state index contributed by atoms with van der Waals surface area (Å²) in [6.07, 6.45) is 0.529. The number of hydrogen-bond donors (Lipinski definition) is 2. The third-order valence-electron chi connectivity index (χ3n) is 2.56. The van der Waals surface area contributed by atoms with Crippen LogP contribution in [-0.4, -0.2) is 12.5 Å². The summed E-state index contributed by atoms with van der Waals surface area (Å²) >= 11 is 5.74. The molecule has 0 bridgehead atoms. The highest BCUT2D eigenvalue weighted by molar-refractivity contribution is 6.30. The van der Waals surface area contributed by atoms with Gasteiger partial charge in [0.1, 0.15) is 5.82 Å². The maximum atomic E-state index is 13.4. The van der Waals surface area contributed by atoms with E-state index in [1.54, 1.807) is 13.8 Å². The minimum Gasteiger partial charge on any atom is -0.330 e. The van der Waals surface area contributed by atoms with E-state index in [0.717, 1.165) is 0 Å². The molecule has 5 heteroatoms. The van der Waals surface area contributed by atoms with Gasteiger partial charge in [0, 0.05) is 10.4 Å². The average molecular weight is 259 g/mol. The van der Waals surface area contributed by atoms with Crippen molar-refractivity contribution in [3.8, 4) is 0 Å². The topological polar surface area (TPSA) is 55.1 Å². The standard InChI is InChI=1S/C12H16ClFN2O/c1-12(2,5-6-15)11(17)16-10-7-8(13)3-4-9(10)14/h3-4,7H,5-6,15H2,1-2H3,(H,16,17). The zero-order chi connectivity index (χ0) is 13.1. The lowest BCUT2D eigenvalue weighted by Crippen LogP contribution is -2.33. The van der Waals surface area contributed by atoms with Crippen molar-refractivity contribution in [3.05, 3.63) is 29.0 Å². The molecule has 3 nitrogen and oxygen atoms in total. The zero-order valence-corrected chi connectivity index (χ0v) is 10.6. The van der Waals surface area contributed by atoms with E-state index >= 15 is 0 Å². The summed E-state index contributed by atoms with van der Waals surface area (Å²) in [6.45, 7) is 3.92. The molecule has 0 unspecified atom stereocenters. The minimum absolute atomic E-state index is 0.0904. The number of amides is 1. The predicted molar refractivity (Wildman–Crippen MR) is 67.5 cm³/mol. The van der Waals surface area contributed by atoms with E-state index in [4.69, 9.17) is 17.3 Å². The molecule has 0 aliphatic carbocycles. The summed E-state index contributed by atoms with van der Waals surface area (Å²) in [6, 6.07) is 4.03. The highest BCUT2D eigenvalue weighted by Crippen LogP contribution is 2.25. The molecular weight excluding hydrogens is 243 g/mol. The summed E-state index contributed by atoms with van der Waals surface area (Å²) in [5, 5.41) is 2.90. The molecule has 0 aliphatic rings. The maximum absolute atomic E-state index is 13.4. The first-order chi connectivity index (χ1) is 7.86. The van der Waals surface area contributed by atoms with Gasteiger partial charge in [-0.3, -0.25) is 4.79 Å². The SMILES string of the molecule is CC(C)(CCN)C(=O)Nc1cc(Cl)ccc1F. The lowest BCUT2D eigenvalue weighted by atomic mass is 9.88. The van der Waals surface area contributed by atoms with Gasteiger partial charge >= 0.3 is 0 Å². The molecule has 1 amide bonds.